The van der Waals surface area contributed by atoms with E-state index in [1.54, 1.807) is 6.92 Å². The molecule has 1 rings (SSSR count). The highest BCUT2D eigenvalue weighted by Crippen LogP contribution is 2.34. The van der Waals surface area contributed by atoms with E-state index in [4.69, 9.17) is 5.11 Å². The predicted molar refractivity (Wildman–Crippen MR) is 108 cm³/mol. The van der Waals surface area contributed by atoms with Crippen LogP contribution < -0.4 is 0 Å². The summed E-state index contributed by atoms with van der Waals surface area (Å²) in [5, 5.41) is 19.3. The number of allylic oxidation sites excluding steroid dienone is 1. The summed E-state index contributed by atoms with van der Waals surface area (Å²) < 4.78 is 0. The van der Waals surface area contributed by atoms with Gasteiger partial charge >= 0.3 is 5.97 Å². The molecule has 0 heterocycles. The van der Waals surface area contributed by atoms with Gasteiger partial charge < -0.3 is 10.2 Å². The number of hydrogen-bond acceptors (Lipinski definition) is 3. The van der Waals surface area contributed by atoms with Crippen LogP contribution in [0.1, 0.15) is 90.9 Å². The zero-order valence-electron chi connectivity index (χ0n) is 17.0. The quantitative estimate of drug-likeness (QED) is 0.272. The summed E-state index contributed by atoms with van der Waals surface area (Å²) in [5.41, 5.74) is -0.955. The predicted octanol–water partition coefficient (Wildman–Crippen LogP) is 4.90. The van der Waals surface area contributed by atoms with Crippen LogP contribution in [0.25, 0.3) is 0 Å². The maximum atomic E-state index is 12.2. The summed E-state index contributed by atoms with van der Waals surface area (Å²) in [6, 6.07) is 0. The second kappa shape index (κ2) is 12.7. The lowest BCUT2D eigenvalue weighted by Gasteiger charge is -2.21. The van der Waals surface area contributed by atoms with Crippen LogP contribution in [0.3, 0.4) is 0 Å². The van der Waals surface area contributed by atoms with Gasteiger partial charge in [-0.2, -0.15) is 0 Å². The molecule has 0 spiro atoms. The number of unbranched alkanes of at least 4 members (excludes halogenated alkanes) is 4. The van der Waals surface area contributed by atoms with E-state index < -0.39 is 11.6 Å². The van der Waals surface area contributed by atoms with Gasteiger partial charge in [-0.1, -0.05) is 50.7 Å². The maximum Gasteiger partial charge on any atom is 0.303 e. The molecule has 0 aromatic rings. The summed E-state index contributed by atoms with van der Waals surface area (Å²) in [7, 11) is 0. The third kappa shape index (κ3) is 9.24. The van der Waals surface area contributed by atoms with Crippen molar-refractivity contribution in [1.29, 1.82) is 0 Å². The maximum absolute atomic E-state index is 12.2. The zero-order chi connectivity index (χ0) is 20.1. The molecule has 1 fully saturated rings. The number of Topliss-reactive ketones (excluding diaryl/α,β-unsaturated/α-hetero) is 1. The van der Waals surface area contributed by atoms with Crippen molar-refractivity contribution in [2.45, 2.75) is 96.5 Å². The van der Waals surface area contributed by atoms with Gasteiger partial charge in [0.25, 0.3) is 0 Å². The molecule has 1 unspecified atom stereocenters. The van der Waals surface area contributed by atoms with Crippen LogP contribution in [-0.2, 0) is 9.59 Å². The van der Waals surface area contributed by atoms with Gasteiger partial charge in [-0.3, -0.25) is 9.59 Å². The molecule has 27 heavy (non-hydrogen) atoms. The highest BCUT2D eigenvalue weighted by atomic mass is 16.4. The molecule has 0 amide bonds. The van der Waals surface area contributed by atoms with E-state index >= 15 is 0 Å². The number of carboxylic acid groups (broad SMARTS) is 1. The minimum absolute atomic E-state index is 0.0849. The van der Waals surface area contributed by atoms with Gasteiger partial charge in [0, 0.05) is 25.2 Å². The van der Waals surface area contributed by atoms with Gasteiger partial charge in [0.2, 0.25) is 0 Å². The van der Waals surface area contributed by atoms with Crippen LogP contribution in [0.4, 0.5) is 0 Å². The van der Waals surface area contributed by atoms with Crippen molar-refractivity contribution in [2.75, 3.05) is 0 Å². The second-order valence-corrected chi connectivity index (χ2v) is 7.76. The molecule has 0 aliphatic heterocycles. The summed E-state index contributed by atoms with van der Waals surface area (Å²) in [6.07, 6.45) is 13.5. The number of rotatable bonds is 13. The van der Waals surface area contributed by atoms with Crippen LogP contribution in [0, 0.1) is 23.7 Å². The van der Waals surface area contributed by atoms with Crippen LogP contribution in [0.5, 0.6) is 0 Å². The lowest BCUT2D eigenvalue weighted by atomic mass is 9.88. The van der Waals surface area contributed by atoms with Gasteiger partial charge in [0.1, 0.15) is 11.4 Å². The molecule has 0 radical (unpaired) electrons. The average molecular weight is 377 g/mol. The number of aliphatic carboxylic acids is 1. The number of carbonyl (C=O) groups excluding carboxylic acids is 1. The van der Waals surface area contributed by atoms with Crippen molar-refractivity contribution >= 4 is 11.8 Å². The Morgan fingerprint density at radius 1 is 1.26 bits per heavy atom. The Morgan fingerprint density at radius 3 is 2.67 bits per heavy atom. The second-order valence-electron chi connectivity index (χ2n) is 7.76. The standard InChI is InChI=1S/C23H36O4/c1-3-5-17-23(27,16-4-2)18-10-11-19-14-15-21(24)20(19)12-8-6-7-9-13-22(25)26/h10-11,19-20,27H,3,5-9,12-15,17-18H2,1-2H3,(H,25,26)/t19-,20+,23?/m0/s1. The molecule has 1 aliphatic carbocycles. The van der Waals surface area contributed by atoms with Crippen molar-refractivity contribution in [3.63, 3.8) is 0 Å². The Bertz CT molecular complexity index is 554. The van der Waals surface area contributed by atoms with E-state index in [1.807, 2.05) is 6.08 Å². The normalized spacial score (nSPS) is 21.8. The summed E-state index contributed by atoms with van der Waals surface area (Å²) >= 11 is 0. The Hall–Kier alpha value is -1.60. The molecule has 0 saturated heterocycles. The van der Waals surface area contributed by atoms with Gasteiger partial charge in [0.15, 0.2) is 0 Å². The Labute approximate surface area is 164 Å². The number of carbonyl (C=O) groups is 2. The fraction of sp³-hybridized carbons (Fsp3) is 0.739. The van der Waals surface area contributed by atoms with Crippen molar-refractivity contribution in [1.82, 2.24) is 0 Å². The van der Waals surface area contributed by atoms with Crippen molar-refractivity contribution in [3.8, 4) is 11.8 Å². The first-order valence-corrected chi connectivity index (χ1v) is 10.5. The Morgan fingerprint density at radius 2 is 2.00 bits per heavy atom. The number of carboxylic acids is 1. The van der Waals surface area contributed by atoms with Crippen molar-refractivity contribution in [3.05, 3.63) is 12.2 Å². The summed E-state index contributed by atoms with van der Waals surface area (Å²) in [6.45, 7) is 3.86. The Balaban J connectivity index is 2.46. The first-order chi connectivity index (χ1) is 12.9. The van der Waals surface area contributed by atoms with E-state index in [0.717, 1.165) is 44.9 Å². The molecule has 0 bridgehead atoms. The first-order valence-electron chi connectivity index (χ1n) is 10.5. The number of hydrogen-bond donors (Lipinski definition) is 2. The molecular weight excluding hydrogens is 340 g/mol. The molecular formula is C23H36O4. The fourth-order valence-corrected chi connectivity index (χ4v) is 3.89. The van der Waals surface area contributed by atoms with Gasteiger partial charge in [0.05, 0.1) is 0 Å². The largest absolute Gasteiger partial charge is 0.481 e. The smallest absolute Gasteiger partial charge is 0.303 e. The lowest BCUT2D eigenvalue weighted by molar-refractivity contribution is -0.137. The minimum Gasteiger partial charge on any atom is -0.481 e. The van der Waals surface area contributed by atoms with E-state index in [9.17, 15) is 14.7 Å². The van der Waals surface area contributed by atoms with E-state index in [1.165, 1.54) is 0 Å². The summed E-state index contributed by atoms with van der Waals surface area (Å²) in [5.74, 6) is 5.75. The van der Waals surface area contributed by atoms with Crippen LogP contribution in [-0.4, -0.2) is 27.6 Å². The lowest BCUT2D eigenvalue weighted by Crippen LogP contribution is -2.25. The highest BCUT2D eigenvalue weighted by Gasteiger charge is 2.32. The van der Waals surface area contributed by atoms with Crippen molar-refractivity contribution < 1.29 is 19.8 Å². The molecule has 2 N–H and O–H groups in total. The topological polar surface area (TPSA) is 74.6 Å². The molecule has 1 aliphatic rings. The number of ketones is 1. The van der Waals surface area contributed by atoms with Crippen LogP contribution >= 0.6 is 0 Å². The minimum atomic E-state index is -0.955. The molecule has 1 saturated carbocycles. The first kappa shape index (κ1) is 23.4. The van der Waals surface area contributed by atoms with Gasteiger partial charge in [-0.25, -0.2) is 0 Å². The number of aliphatic hydroxyl groups is 1. The SMILES string of the molecule is CC#CC(O)(CC=C[C@H]1CCC(=O)[C@@H]1CCCCCCC(=O)O)CCCC. The van der Waals surface area contributed by atoms with Crippen LogP contribution in [0.15, 0.2) is 12.2 Å². The molecule has 152 valence electrons. The van der Waals surface area contributed by atoms with E-state index in [2.05, 4.69) is 24.8 Å². The third-order valence-corrected chi connectivity index (χ3v) is 5.45. The van der Waals surface area contributed by atoms with Crippen LogP contribution in [0.2, 0.25) is 0 Å². The van der Waals surface area contributed by atoms with Gasteiger partial charge in [-0.05, 0) is 44.9 Å². The molecule has 4 heteroatoms. The highest BCUT2D eigenvalue weighted by molar-refractivity contribution is 5.83. The molecule has 3 atom stereocenters. The molecule has 0 aromatic heterocycles. The monoisotopic (exact) mass is 376 g/mol. The van der Waals surface area contributed by atoms with E-state index in [0.29, 0.717) is 31.5 Å². The van der Waals surface area contributed by atoms with Crippen molar-refractivity contribution in [2.24, 2.45) is 11.8 Å². The average Bonchev–Trinajstić information content (AvgIpc) is 2.96. The van der Waals surface area contributed by atoms with Gasteiger partial charge in [-0.15, -0.1) is 5.92 Å². The fourth-order valence-electron chi connectivity index (χ4n) is 3.89. The third-order valence-electron chi connectivity index (χ3n) is 5.45. The Kier molecular flexibility index (Phi) is 11.0. The summed E-state index contributed by atoms with van der Waals surface area (Å²) in [4.78, 5) is 22.7. The molecule has 4 nitrogen and oxygen atoms in total. The molecule has 0 aromatic carbocycles. The van der Waals surface area contributed by atoms with E-state index in [-0.39, 0.29) is 18.3 Å². The zero-order valence-corrected chi connectivity index (χ0v) is 17.0.